The zero-order valence-electron chi connectivity index (χ0n) is 10.5. The van der Waals surface area contributed by atoms with Crippen LogP contribution in [0.15, 0.2) is 78.1 Å². The molecule has 0 saturated carbocycles. The van der Waals surface area contributed by atoms with Crippen LogP contribution < -0.4 is 0 Å². The third-order valence-corrected chi connectivity index (χ3v) is 5.40. The molecule has 20 heavy (non-hydrogen) atoms. The Bertz CT molecular complexity index is 710. The molecule has 2 heterocycles. The molecule has 2 aliphatic heterocycles. The first kappa shape index (κ1) is 12.0. The standard InChI is InChI=1S/C16H10N2S2/c1-3-7-13-11(5-1)17-9-15(19-13)16-10-18-12-6-2-4-8-14(12)20-16/h1-10H/b16-15+. The summed E-state index contributed by atoms with van der Waals surface area (Å²) in [6, 6.07) is 16.4. The second-order valence-corrected chi connectivity index (χ2v) is 6.55. The molecule has 0 N–H and O–H groups in total. The predicted molar refractivity (Wildman–Crippen MR) is 87.9 cm³/mol. The number of hydrogen-bond acceptors (Lipinski definition) is 4. The molecule has 0 aromatic heterocycles. The molecule has 2 aromatic carbocycles. The molecule has 0 fully saturated rings. The van der Waals surface area contributed by atoms with Gasteiger partial charge in [-0.15, -0.1) is 0 Å². The molecule has 0 unspecified atom stereocenters. The first-order valence-corrected chi connectivity index (χ1v) is 7.90. The van der Waals surface area contributed by atoms with Crippen molar-refractivity contribution in [3.8, 4) is 0 Å². The lowest BCUT2D eigenvalue weighted by Gasteiger charge is -2.16. The molecule has 0 bridgehead atoms. The molecule has 96 valence electrons. The maximum absolute atomic E-state index is 4.53. The van der Waals surface area contributed by atoms with Crippen LogP contribution in [0.4, 0.5) is 11.4 Å². The van der Waals surface area contributed by atoms with Crippen LogP contribution >= 0.6 is 23.5 Å². The molecule has 0 aliphatic carbocycles. The molecule has 0 saturated heterocycles. The molecular formula is C16H10N2S2. The molecule has 4 rings (SSSR count). The predicted octanol–water partition coefficient (Wildman–Crippen LogP) is 5.21. The van der Waals surface area contributed by atoms with Gasteiger partial charge in [-0.3, -0.25) is 9.98 Å². The highest BCUT2D eigenvalue weighted by Gasteiger charge is 2.17. The van der Waals surface area contributed by atoms with Gasteiger partial charge in [0.15, 0.2) is 0 Å². The highest BCUT2D eigenvalue weighted by molar-refractivity contribution is 8.08. The van der Waals surface area contributed by atoms with Gasteiger partial charge < -0.3 is 0 Å². The highest BCUT2D eigenvalue weighted by atomic mass is 32.2. The van der Waals surface area contributed by atoms with Crippen LogP contribution in [0.3, 0.4) is 0 Å². The van der Waals surface area contributed by atoms with Crippen molar-refractivity contribution in [1.29, 1.82) is 0 Å². The zero-order chi connectivity index (χ0) is 13.4. The second kappa shape index (κ2) is 4.96. The van der Waals surface area contributed by atoms with E-state index < -0.39 is 0 Å². The van der Waals surface area contributed by atoms with Crippen molar-refractivity contribution >= 4 is 47.3 Å². The Balaban J connectivity index is 1.73. The Kier molecular flexibility index (Phi) is 2.98. The summed E-state index contributed by atoms with van der Waals surface area (Å²) in [5.41, 5.74) is 2.08. The lowest BCUT2D eigenvalue weighted by Crippen LogP contribution is -1.96. The number of fused-ring (bicyclic) bond motifs is 2. The Hall–Kier alpha value is -1.78. The Morgan fingerprint density at radius 1 is 0.600 bits per heavy atom. The van der Waals surface area contributed by atoms with Gasteiger partial charge in [0, 0.05) is 32.0 Å². The van der Waals surface area contributed by atoms with Crippen molar-refractivity contribution in [2.45, 2.75) is 9.79 Å². The van der Waals surface area contributed by atoms with Gasteiger partial charge >= 0.3 is 0 Å². The average molecular weight is 294 g/mol. The van der Waals surface area contributed by atoms with Crippen LogP contribution in [0.1, 0.15) is 0 Å². The number of allylic oxidation sites excluding steroid dienone is 2. The first-order valence-electron chi connectivity index (χ1n) is 6.26. The zero-order valence-corrected chi connectivity index (χ0v) is 12.1. The van der Waals surface area contributed by atoms with Gasteiger partial charge in [-0.1, -0.05) is 47.8 Å². The Morgan fingerprint density at radius 2 is 1.05 bits per heavy atom. The van der Waals surface area contributed by atoms with Crippen molar-refractivity contribution in [3.63, 3.8) is 0 Å². The number of rotatable bonds is 0. The molecule has 4 heteroatoms. The van der Waals surface area contributed by atoms with E-state index in [1.165, 1.54) is 9.79 Å². The smallest absolute Gasteiger partial charge is 0.0769 e. The lowest BCUT2D eigenvalue weighted by molar-refractivity contribution is 1.36. The summed E-state index contributed by atoms with van der Waals surface area (Å²) in [5, 5.41) is 0. The van der Waals surface area contributed by atoms with E-state index in [0.29, 0.717) is 0 Å². The maximum atomic E-state index is 4.53. The summed E-state index contributed by atoms with van der Waals surface area (Å²) in [6.45, 7) is 0. The van der Waals surface area contributed by atoms with Crippen molar-refractivity contribution in [2.75, 3.05) is 0 Å². The minimum atomic E-state index is 1.04. The van der Waals surface area contributed by atoms with Crippen LogP contribution in [-0.2, 0) is 0 Å². The van der Waals surface area contributed by atoms with Gasteiger partial charge in [-0.2, -0.15) is 0 Å². The SMILES string of the molecule is C1=Nc2ccccc2S/C1=C1\C=Nc2ccccc2S1. The highest BCUT2D eigenvalue weighted by Crippen LogP contribution is 2.44. The number of benzene rings is 2. The van der Waals surface area contributed by atoms with Gasteiger partial charge in [0.2, 0.25) is 0 Å². The molecule has 2 aromatic rings. The van der Waals surface area contributed by atoms with Crippen LogP contribution in [0.5, 0.6) is 0 Å². The van der Waals surface area contributed by atoms with Gasteiger partial charge in [0.25, 0.3) is 0 Å². The van der Waals surface area contributed by atoms with Crippen LogP contribution in [0.2, 0.25) is 0 Å². The molecule has 0 atom stereocenters. The van der Waals surface area contributed by atoms with Crippen LogP contribution in [-0.4, -0.2) is 12.4 Å². The Morgan fingerprint density at radius 3 is 1.55 bits per heavy atom. The van der Waals surface area contributed by atoms with E-state index in [2.05, 4.69) is 22.1 Å². The fourth-order valence-corrected chi connectivity index (χ4v) is 4.06. The van der Waals surface area contributed by atoms with Crippen molar-refractivity contribution in [1.82, 2.24) is 0 Å². The third-order valence-electron chi connectivity index (χ3n) is 3.05. The van der Waals surface area contributed by atoms with Gasteiger partial charge in [0.05, 0.1) is 11.4 Å². The van der Waals surface area contributed by atoms with E-state index in [1.807, 2.05) is 48.8 Å². The summed E-state index contributed by atoms with van der Waals surface area (Å²) in [6.07, 6.45) is 3.88. The first-order chi connectivity index (χ1) is 9.90. The van der Waals surface area contributed by atoms with E-state index in [9.17, 15) is 0 Å². The van der Waals surface area contributed by atoms with E-state index in [-0.39, 0.29) is 0 Å². The lowest BCUT2D eigenvalue weighted by atomic mass is 10.3. The average Bonchev–Trinajstić information content (AvgIpc) is 2.54. The molecule has 0 spiro atoms. The minimum Gasteiger partial charge on any atom is -0.254 e. The summed E-state index contributed by atoms with van der Waals surface area (Å²) in [4.78, 5) is 13.8. The van der Waals surface area contributed by atoms with Crippen molar-refractivity contribution < 1.29 is 0 Å². The second-order valence-electron chi connectivity index (χ2n) is 4.38. The van der Waals surface area contributed by atoms with Gasteiger partial charge in [-0.25, -0.2) is 0 Å². The quantitative estimate of drug-likeness (QED) is 0.666. The Labute approximate surface area is 125 Å². The minimum absolute atomic E-state index is 1.04. The fraction of sp³-hybridized carbons (Fsp3) is 0. The van der Waals surface area contributed by atoms with E-state index >= 15 is 0 Å². The van der Waals surface area contributed by atoms with Gasteiger partial charge in [0.1, 0.15) is 0 Å². The molecular weight excluding hydrogens is 284 g/mol. The van der Waals surface area contributed by atoms with E-state index in [0.717, 1.165) is 21.2 Å². The van der Waals surface area contributed by atoms with Crippen molar-refractivity contribution in [3.05, 3.63) is 58.3 Å². The summed E-state index contributed by atoms with van der Waals surface area (Å²) < 4.78 is 0. The largest absolute Gasteiger partial charge is 0.254 e. The van der Waals surface area contributed by atoms with Gasteiger partial charge in [-0.05, 0) is 24.3 Å². The van der Waals surface area contributed by atoms with Crippen LogP contribution in [0, 0.1) is 0 Å². The summed E-state index contributed by atoms with van der Waals surface area (Å²) in [5.74, 6) is 0. The maximum Gasteiger partial charge on any atom is 0.0769 e. The number of nitrogens with zero attached hydrogens (tertiary/aromatic N) is 2. The van der Waals surface area contributed by atoms with Crippen LogP contribution in [0.25, 0.3) is 0 Å². The molecule has 0 amide bonds. The number of aliphatic imine (C=N–C) groups is 2. The van der Waals surface area contributed by atoms with E-state index in [1.54, 1.807) is 23.5 Å². The molecule has 2 nitrogen and oxygen atoms in total. The van der Waals surface area contributed by atoms with E-state index in [4.69, 9.17) is 0 Å². The summed E-state index contributed by atoms with van der Waals surface area (Å²) in [7, 11) is 0. The number of hydrogen-bond donors (Lipinski definition) is 0. The monoisotopic (exact) mass is 294 g/mol. The molecule has 0 radical (unpaired) electrons. The van der Waals surface area contributed by atoms with Crippen molar-refractivity contribution in [2.24, 2.45) is 9.98 Å². The molecule has 2 aliphatic rings. The number of para-hydroxylation sites is 2. The topological polar surface area (TPSA) is 24.7 Å². The fourth-order valence-electron chi connectivity index (χ4n) is 2.07. The third kappa shape index (κ3) is 2.11. The summed E-state index contributed by atoms with van der Waals surface area (Å²) >= 11 is 3.51. The normalized spacial score (nSPS) is 19.6. The number of thioether (sulfide) groups is 2.